The molecule has 0 bridgehead atoms. The van der Waals surface area contributed by atoms with Crippen LogP contribution in [0.3, 0.4) is 0 Å². The number of carbonyl (C=O) groups excluding carboxylic acids is 2. The third kappa shape index (κ3) is 20.5. The van der Waals surface area contributed by atoms with E-state index in [-0.39, 0.29) is 11.8 Å². The molecule has 0 unspecified atom stereocenters. The average Bonchev–Trinajstić information content (AvgIpc) is 4.24. The zero-order valence-electron chi connectivity index (χ0n) is 50.7. The number of hydrogen-bond donors (Lipinski definition) is 0. The van der Waals surface area contributed by atoms with E-state index in [9.17, 15) is 0 Å². The fraction of sp³-hybridized carbons (Fsp3) is 0.667. The van der Waals surface area contributed by atoms with Crippen LogP contribution in [0.15, 0.2) is 60.7 Å². The predicted molar refractivity (Wildman–Crippen MR) is 346 cm³/mol. The molecule has 2 aromatic carbocycles. The largest absolute Gasteiger partial charge is 0.308 e. The second kappa shape index (κ2) is 36.8. The smallest absolute Gasteiger partial charge is 0.259 e. The molecule has 0 saturated heterocycles. The molecule has 0 radical (unpaired) electrons. The number of aryl methyl sites for hydroxylation is 2. The molecule has 0 N–H and O–H groups in total. The average molecular weight is 1100 g/mol. The van der Waals surface area contributed by atoms with Crippen LogP contribution in [-0.2, 0) is 9.59 Å². The van der Waals surface area contributed by atoms with Gasteiger partial charge in [0.25, 0.3) is 11.8 Å². The maximum atomic E-state index is 15.6. The Kier molecular flexibility index (Phi) is 30.0. The molecular formula is C72H110N2O2S2. The van der Waals surface area contributed by atoms with Crippen molar-refractivity contribution in [1.82, 2.24) is 0 Å². The van der Waals surface area contributed by atoms with Gasteiger partial charge in [-0.1, -0.05) is 283 Å². The number of thiophene rings is 2. The molecule has 0 atom stereocenters. The molecule has 4 heterocycles. The first kappa shape index (κ1) is 63.7. The summed E-state index contributed by atoms with van der Waals surface area (Å²) in [5, 5.41) is 0. The van der Waals surface area contributed by atoms with Gasteiger partial charge in [-0.25, -0.2) is 0 Å². The number of anilines is 2. The topological polar surface area (TPSA) is 40.6 Å². The lowest BCUT2D eigenvalue weighted by Gasteiger charge is -2.23. The van der Waals surface area contributed by atoms with Gasteiger partial charge in [0.1, 0.15) is 0 Å². The van der Waals surface area contributed by atoms with Gasteiger partial charge in [0, 0.05) is 43.7 Å². The Balaban J connectivity index is 1.25. The Morgan fingerprint density at radius 2 is 0.705 bits per heavy atom. The normalized spacial score (nSPS) is 14.4. The van der Waals surface area contributed by atoms with E-state index < -0.39 is 0 Å². The van der Waals surface area contributed by atoms with Gasteiger partial charge in [-0.15, -0.1) is 22.7 Å². The summed E-state index contributed by atoms with van der Waals surface area (Å²) < 4.78 is 0. The monoisotopic (exact) mass is 1100 g/mol. The molecule has 78 heavy (non-hydrogen) atoms. The lowest BCUT2D eigenvalue weighted by molar-refractivity contribution is -0.114. The highest BCUT2D eigenvalue weighted by Gasteiger charge is 2.42. The molecule has 2 aromatic heterocycles. The van der Waals surface area contributed by atoms with E-state index in [0.717, 1.165) is 46.5 Å². The zero-order chi connectivity index (χ0) is 55.2. The van der Waals surface area contributed by atoms with Crippen LogP contribution in [0.5, 0.6) is 0 Å². The van der Waals surface area contributed by atoms with Crippen LogP contribution in [-0.4, -0.2) is 24.9 Å². The van der Waals surface area contributed by atoms with Crippen LogP contribution >= 0.6 is 22.7 Å². The predicted octanol–water partition coefficient (Wildman–Crippen LogP) is 23.5. The van der Waals surface area contributed by atoms with Crippen molar-refractivity contribution in [3.05, 3.63) is 82.2 Å². The van der Waals surface area contributed by atoms with Crippen LogP contribution in [0.4, 0.5) is 11.4 Å². The first-order valence-electron chi connectivity index (χ1n) is 33.1. The van der Waals surface area contributed by atoms with Crippen LogP contribution < -0.4 is 9.80 Å². The molecule has 0 aliphatic carbocycles. The van der Waals surface area contributed by atoms with Crippen molar-refractivity contribution < 1.29 is 9.59 Å². The summed E-state index contributed by atoms with van der Waals surface area (Å²) in [7, 11) is 0. The van der Waals surface area contributed by atoms with Crippen molar-refractivity contribution in [2.75, 3.05) is 22.9 Å². The minimum Gasteiger partial charge on any atom is -0.308 e. The quantitative estimate of drug-likeness (QED) is 0.0327. The second-order valence-electron chi connectivity index (χ2n) is 24.4. The van der Waals surface area contributed by atoms with Crippen LogP contribution in [0, 0.1) is 25.7 Å². The van der Waals surface area contributed by atoms with E-state index in [1.54, 1.807) is 0 Å². The third-order valence-electron chi connectivity index (χ3n) is 17.7. The molecule has 0 fully saturated rings. The van der Waals surface area contributed by atoms with Crippen LogP contribution in [0.2, 0.25) is 0 Å². The van der Waals surface area contributed by atoms with E-state index in [4.69, 9.17) is 0 Å². The molecule has 432 valence electrons. The SMILES string of the molecule is CCCCCCCCCCC(CCCCCCCCCC)CCN1C(=O)/C(=C2/C(=O)N(CCC(CCCCCCCCCC)CCCCCCCCCC)c3cc(-c4ccc(-c5ccc(C)s5)s4)ccc32)c2ccc(C)cc21. The Bertz CT molecular complexity index is 2310. The Hall–Kier alpha value is -3.48. The van der Waals surface area contributed by atoms with E-state index in [1.165, 1.54) is 251 Å². The molecule has 0 spiro atoms. The number of fused-ring (bicyclic) bond motifs is 2. The standard InChI is InChI=1S/C72H110N2O2S2/c1-7-11-15-19-23-27-31-35-39-59(40-36-32-28-24-20-16-12-8-2)51-53-73-64-55-57(5)43-46-62(64)69(71(73)75)70-63-47-45-61(66-49-50-68(78-66)67-48-44-58(6)77-67)56-65(63)74(72(70)76)54-52-60(41-37-33-29-25-21-17-13-9-3)42-38-34-30-26-22-18-14-10-4/h43-50,55-56,59-60H,7-42,51-54H2,1-6H3/b70-69+. The first-order chi connectivity index (χ1) is 38.3. The minimum atomic E-state index is 0.0139. The Morgan fingerprint density at radius 3 is 1.10 bits per heavy atom. The van der Waals surface area contributed by atoms with E-state index in [0.29, 0.717) is 36.1 Å². The first-order valence-corrected chi connectivity index (χ1v) is 34.7. The fourth-order valence-electron chi connectivity index (χ4n) is 12.8. The van der Waals surface area contributed by atoms with Crippen LogP contribution in [0.1, 0.15) is 293 Å². The van der Waals surface area contributed by atoms with Gasteiger partial charge in [-0.3, -0.25) is 9.59 Å². The number of amides is 2. The van der Waals surface area contributed by atoms with Gasteiger partial charge in [-0.2, -0.15) is 0 Å². The number of hydrogen-bond acceptors (Lipinski definition) is 4. The number of nitrogens with zero attached hydrogens (tertiary/aromatic N) is 2. The highest BCUT2D eigenvalue weighted by atomic mass is 32.1. The molecule has 6 heteroatoms. The Labute approximate surface area is 486 Å². The summed E-state index contributed by atoms with van der Waals surface area (Å²) in [6.07, 6.45) is 49.9. The van der Waals surface area contributed by atoms with Crippen molar-refractivity contribution in [2.45, 2.75) is 286 Å². The van der Waals surface area contributed by atoms with Gasteiger partial charge in [-0.05, 0) is 86.1 Å². The van der Waals surface area contributed by atoms with E-state index in [1.807, 2.05) is 22.7 Å². The van der Waals surface area contributed by atoms with E-state index >= 15 is 9.59 Å². The molecular weight excluding hydrogens is 989 g/mol. The maximum Gasteiger partial charge on any atom is 0.259 e. The summed E-state index contributed by atoms with van der Waals surface area (Å²) in [5.74, 6) is 1.23. The second-order valence-corrected chi connectivity index (χ2v) is 26.7. The zero-order valence-corrected chi connectivity index (χ0v) is 52.4. The number of carbonyl (C=O) groups is 2. The lowest BCUT2D eigenvalue weighted by atomic mass is 9.91. The highest BCUT2D eigenvalue weighted by Crippen LogP contribution is 2.49. The van der Waals surface area contributed by atoms with Crippen molar-refractivity contribution in [3.63, 3.8) is 0 Å². The summed E-state index contributed by atoms with van der Waals surface area (Å²) in [5.41, 5.74) is 7.38. The highest BCUT2D eigenvalue weighted by molar-refractivity contribution is 7.23. The lowest BCUT2D eigenvalue weighted by Crippen LogP contribution is -2.31. The minimum absolute atomic E-state index is 0.0139. The molecule has 4 aromatic rings. The maximum absolute atomic E-state index is 15.6. The number of unbranched alkanes of at least 4 members (excludes halogenated alkanes) is 28. The molecule has 4 nitrogen and oxygen atoms in total. The van der Waals surface area contributed by atoms with E-state index in [2.05, 4.69) is 112 Å². The van der Waals surface area contributed by atoms with Gasteiger partial charge in [0.15, 0.2) is 0 Å². The number of benzene rings is 2. The third-order valence-corrected chi connectivity index (χ3v) is 20.0. The van der Waals surface area contributed by atoms with Crippen molar-refractivity contribution in [2.24, 2.45) is 11.8 Å². The van der Waals surface area contributed by atoms with Gasteiger partial charge in [0.05, 0.1) is 22.5 Å². The number of rotatable bonds is 44. The summed E-state index contributed by atoms with van der Waals surface area (Å²) in [6, 6.07) is 22.2. The van der Waals surface area contributed by atoms with Gasteiger partial charge < -0.3 is 9.80 Å². The Morgan fingerprint density at radius 1 is 0.359 bits per heavy atom. The summed E-state index contributed by atoms with van der Waals surface area (Å²) in [4.78, 5) is 40.4. The molecule has 2 amide bonds. The summed E-state index contributed by atoms with van der Waals surface area (Å²) >= 11 is 3.68. The molecule has 0 saturated carbocycles. The molecule has 2 aliphatic heterocycles. The summed E-state index contributed by atoms with van der Waals surface area (Å²) in [6.45, 7) is 14.9. The fourth-order valence-corrected chi connectivity index (χ4v) is 14.8. The van der Waals surface area contributed by atoms with Crippen molar-refractivity contribution >= 4 is 57.0 Å². The van der Waals surface area contributed by atoms with Gasteiger partial charge >= 0.3 is 0 Å². The van der Waals surface area contributed by atoms with Gasteiger partial charge in [0.2, 0.25) is 0 Å². The molecule has 6 rings (SSSR count). The molecule has 2 aliphatic rings. The van der Waals surface area contributed by atoms with Crippen LogP contribution in [0.25, 0.3) is 31.3 Å². The van der Waals surface area contributed by atoms with Crippen molar-refractivity contribution in [3.8, 4) is 20.2 Å². The van der Waals surface area contributed by atoms with Crippen molar-refractivity contribution in [1.29, 1.82) is 0 Å².